The fourth-order valence-electron chi connectivity index (χ4n) is 1.23. The van der Waals surface area contributed by atoms with Gasteiger partial charge >= 0.3 is 0 Å². The standard InChI is InChI=1S/C11H15BrN2O2/c1-6(13)9-5-8(12)3-4-10(9)16-7(2)11(14)15/h3-7H,13H2,1-2H3,(H2,14,15). The molecule has 0 saturated heterocycles. The zero-order valence-corrected chi connectivity index (χ0v) is 10.8. The number of carbonyl (C=O) groups excluding carboxylic acids is 1. The molecule has 0 aromatic heterocycles. The average Bonchev–Trinajstić information content (AvgIpc) is 2.20. The first kappa shape index (κ1) is 13.0. The fraction of sp³-hybridized carbons (Fsp3) is 0.364. The summed E-state index contributed by atoms with van der Waals surface area (Å²) in [6.07, 6.45) is -0.668. The summed E-state index contributed by atoms with van der Waals surface area (Å²) >= 11 is 3.36. The summed E-state index contributed by atoms with van der Waals surface area (Å²) in [6.45, 7) is 3.46. The second kappa shape index (κ2) is 5.32. The number of primary amides is 1. The summed E-state index contributed by atoms with van der Waals surface area (Å²) in [6, 6.07) is 5.29. The quantitative estimate of drug-likeness (QED) is 0.885. The Kier molecular flexibility index (Phi) is 4.32. The number of nitrogens with two attached hydrogens (primary N) is 2. The Balaban J connectivity index is 2.99. The third-order valence-corrected chi connectivity index (χ3v) is 2.66. The maximum Gasteiger partial charge on any atom is 0.258 e. The predicted octanol–water partition coefficient (Wildman–Crippen LogP) is 1.72. The molecule has 2 atom stereocenters. The molecule has 0 fully saturated rings. The number of benzene rings is 1. The molecule has 5 heteroatoms. The summed E-state index contributed by atoms with van der Waals surface area (Å²) in [5.74, 6) is 0.0862. The van der Waals surface area contributed by atoms with Gasteiger partial charge in [0, 0.05) is 16.1 Å². The van der Waals surface area contributed by atoms with Crippen LogP contribution >= 0.6 is 15.9 Å². The van der Waals surface area contributed by atoms with Crippen LogP contribution in [0.2, 0.25) is 0 Å². The zero-order valence-electron chi connectivity index (χ0n) is 9.24. The smallest absolute Gasteiger partial charge is 0.258 e. The van der Waals surface area contributed by atoms with Crippen molar-refractivity contribution in [3.8, 4) is 5.75 Å². The Morgan fingerprint density at radius 1 is 1.44 bits per heavy atom. The van der Waals surface area contributed by atoms with Gasteiger partial charge in [0.15, 0.2) is 6.10 Å². The van der Waals surface area contributed by atoms with E-state index in [1.54, 1.807) is 13.0 Å². The third-order valence-electron chi connectivity index (χ3n) is 2.17. The number of amides is 1. The minimum atomic E-state index is -0.668. The highest BCUT2D eigenvalue weighted by atomic mass is 79.9. The molecule has 1 amide bonds. The first-order valence-electron chi connectivity index (χ1n) is 4.93. The minimum Gasteiger partial charge on any atom is -0.481 e. The number of halogens is 1. The van der Waals surface area contributed by atoms with Gasteiger partial charge in [0.2, 0.25) is 0 Å². The van der Waals surface area contributed by atoms with E-state index in [0.29, 0.717) is 5.75 Å². The summed E-state index contributed by atoms with van der Waals surface area (Å²) in [4.78, 5) is 10.9. The van der Waals surface area contributed by atoms with E-state index in [1.807, 2.05) is 19.1 Å². The Bertz CT molecular complexity index is 394. The van der Waals surface area contributed by atoms with E-state index in [1.165, 1.54) is 0 Å². The van der Waals surface area contributed by atoms with Crippen LogP contribution in [0.3, 0.4) is 0 Å². The molecule has 1 rings (SSSR count). The molecule has 1 aromatic rings. The number of carbonyl (C=O) groups is 1. The fourth-order valence-corrected chi connectivity index (χ4v) is 1.61. The molecule has 0 aliphatic rings. The molecule has 16 heavy (non-hydrogen) atoms. The lowest BCUT2D eigenvalue weighted by Gasteiger charge is -2.17. The molecule has 88 valence electrons. The van der Waals surface area contributed by atoms with E-state index in [4.69, 9.17) is 16.2 Å². The molecular formula is C11H15BrN2O2. The van der Waals surface area contributed by atoms with Gasteiger partial charge in [-0.05, 0) is 32.0 Å². The van der Waals surface area contributed by atoms with E-state index >= 15 is 0 Å². The van der Waals surface area contributed by atoms with Crippen molar-refractivity contribution in [2.75, 3.05) is 0 Å². The molecule has 0 saturated carbocycles. The summed E-state index contributed by atoms with van der Waals surface area (Å²) in [5.41, 5.74) is 11.8. The van der Waals surface area contributed by atoms with Crippen molar-refractivity contribution in [1.82, 2.24) is 0 Å². The lowest BCUT2D eigenvalue weighted by molar-refractivity contribution is -0.124. The Labute approximate surface area is 103 Å². The monoisotopic (exact) mass is 286 g/mol. The Morgan fingerprint density at radius 3 is 2.56 bits per heavy atom. The molecule has 4 N–H and O–H groups in total. The van der Waals surface area contributed by atoms with E-state index in [9.17, 15) is 4.79 Å². The van der Waals surface area contributed by atoms with Gasteiger partial charge in [0.1, 0.15) is 5.75 Å². The number of rotatable bonds is 4. The van der Waals surface area contributed by atoms with Crippen molar-refractivity contribution in [2.24, 2.45) is 11.5 Å². The molecule has 0 aliphatic carbocycles. The van der Waals surface area contributed by atoms with Gasteiger partial charge in [-0.1, -0.05) is 15.9 Å². The van der Waals surface area contributed by atoms with E-state index in [2.05, 4.69) is 15.9 Å². The molecule has 0 heterocycles. The van der Waals surface area contributed by atoms with Gasteiger partial charge in [-0.25, -0.2) is 0 Å². The predicted molar refractivity (Wildman–Crippen MR) is 66.0 cm³/mol. The van der Waals surface area contributed by atoms with Crippen LogP contribution < -0.4 is 16.2 Å². The van der Waals surface area contributed by atoms with Crippen LogP contribution in [0.15, 0.2) is 22.7 Å². The second-order valence-electron chi connectivity index (χ2n) is 3.63. The van der Waals surface area contributed by atoms with E-state index < -0.39 is 12.0 Å². The molecule has 4 nitrogen and oxygen atoms in total. The molecule has 0 spiro atoms. The molecule has 0 radical (unpaired) electrons. The highest BCUT2D eigenvalue weighted by Crippen LogP contribution is 2.28. The largest absolute Gasteiger partial charge is 0.481 e. The lowest BCUT2D eigenvalue weighted by atomic mass is 10.1. The zero-order chi connectivity index (χ0) is 12.3. The van der Waals surface area contributed by atoms with Crippen LogP contribution in [0.5, 0.6) is 5.75 Å². The van der Waals surface area contributed by atoms with Crippen molar-refractivity contribution in [2.45, 2.75) is 26.0 Å². The van der Waals surface area contributed by atoms with Crippen LogP contribution in [0.25, 0.3) is 0 Å². The van der Waals surface area contributed by atoms with E-state index in [-0.39, 0.29) is 6.04 Å². The highest BCUT2D eigenvalue weighted by Gasteiger charge is 2.14. The molecule has 0 bridgehead atoms. The minimum absolute atomic E-state index is 0.174. The average molecular weight is 287 g/mol. The topological polar surface area (TPSA) is 78.3 Å². The summed E-state index contributed by atoms with van der Waals surface area (Å²) in [5, 5.41) is 0. The van der Waals surface area contributed by atoms with Crippen LogP contribution in [0, 0.1) is 0 Å². The van der Waals surface area contributed by atoms with Crippen molar-refractivity contribution >= 4 is 21.8 Å². The van der Waals surface area contributed by atoms with Crippen molar-refractivity contribution < 1.29 is 9.53 Å². The van der Waals surface area contributed by atoms with Gasteiger partial charge in [-0.3, -0.25) is 4.79 Å². The maximum atomic E-state index is 10.9. The first-order chi connectivity index (χ1) is 7.41. The number of hydrogen-bond donors (Lipinski definition) is 2. The second-order valence-corrected chi connectivity index (χ2v) is 4.55. The van der Waals surface area contributed by atoms with Gasteiger partial charge in [0.05, 0.1) is 0 Å². The van der Waals surface area contributed by atoms with Crippen LogP contribution in [0.1, 0.15) is 25.5 Å². The molecule has 2 unspecified atom stereocenters. The summed E-state index contributed by atoms with van der Waals surface area (Å²) in [7, 11) is 0. The van der Waals surface area contributed by atoms with Crippen molar-refractivity contribution in [3.63, 3.8) is 0 Å². The molecule has 1 aromatic carbocycles. The lowest BCUT2D eigenvalue weighted by Crippen LogP contribution is -2.31. The van der Waals surface area contributed by atoms with Crippen molar-refractivity contribution in [1.29, 1.82) is 0 Å². The molecule has 0 aliphatic heterocycles. The van der Waals surface area contributed by atoms with Gasteiger partial charge in [0.25, 0.3) is 5.91 Å². The normalized spacial score (nSPS) is 14.2. The van der Waals surface area contributed by atoms with Crippen LogP contribution in [0.4, 0.5) is 0 Å². The number of ether oxygens (including phenoxy) is 1. The first-order valence-corrected chi connectivity index (χ1v) is 5.72. The third kappa shape index (κ3) is 3.21. The maximum absolute atomic E-state index is 10.9. The number of hydrogen-bond acceptors (Lipinski definition) is 3. The molecular weight excluding hydrogens is 272 g/mol. The van der Waals surface area contributed by atoms with Gasteiger partial charge in [-0.15, -0.1) is 0 Å². The van der Waals surface area contributed by atoms with E-state index in [0.717, 1.165) is 10.0 Å². The van der Waals surface area contributed by atoms with Crippen LogP contribution in [-0.2, 0) is 4.79 Å². The van der Waals surface area contributed by atoms with Crippen molar-refractivity contribution in [3.05, 3.63) is 28.2 Å². The SMILES string of the molecule is CC(Oc1ccc(Br)cc1C(C)N)C(N)=O. The Morgan fingerprint density at radius 2 is 2.06 bits per heavy atom. The van der Waals surface area contributed by atoms with Crippen LogP contribution in [-0.4, -0.2) is 12.0 Å². The van der Waals surface area contributed by atoms with Gasteiger partial charge in [-0.2, -0.15) is 0 Å². The summed E-state index contributed by atoms with van der Waals surface area (Å²) < 4.78 is 6.36. The Hall–Kier alpha value is -1.07. The highest BCUT2D eigenvalue weighted by molar-refractivity contribution is 9.10. The van der Waals surface area contributed by atoms with Gasteiger partial charge < -0.3 is 16.2 Å².